The van der Waals surface area contributed by atoms with Gasteiger partial charge in [-0.15, -0.1) is 0 Å². The number of benzene rings is 1. The van der Waals surface area contributed by atoms with Crippen LogP contribution in [0.15, 0.2) is 24.3 Å². The van der Waals surface area contributed by atoms with Gasteiger partial charge in [0.1, 0.15) is 5.75 Å². The van der Waals surface area contributed by atoms with Crippen molar-refractivity contribution in [2.45, 2.75) is 13.2 Å². The van der Waals surface area contributed by atoms with E-state index in [1.54, 1.807) is 19.0 Å². The number of Topliss-reactive ketones (excluding diaryl/α,β-unsaturated/α-hetero) is 1. The highest BCUT2D eigenvalue weighted by molar-refractivity contribution is 6.45. The summed E-state index contributed by atoms with van der Waals surface area (Å²) in [6.45, 7) is 2.02. The first kappa shape index (κ1) is 11.7. The Morgan fingerprint density at radius 3 is 2.87 bits per heavy atom. The first-order valence-electron chi connectivity index (χ1n) is 4.83. The number of phenols is 1. The number of ketones is 1. The molecule has 0 saturated carbocycles. The number of rotatable bonds is 5. The third-order valence-electron chi connectivity index (χ3n) is 1.96. The van der Waals surface area contributed by atoms with Gasteiger partial charge in [0.15, 0.2) is 5.78 Å². The summed E-state index contributed by atoms with van der Waals surface area (Å²) in [4.78, 5) is 11.5. The normalized spacial score (nSPS) is 10.0. The van der Waals surface area contributed by atoms with Gasteiger partial charge in [0.25, 0.3) is 0 Å². The summed E-state index contributed by atoms with van der Waals surface area (Å²) < 4.78 is 0. The molecule has 0 aliphatic carbocycles. The predicted molar refractivity (Wildman–Crippen MR) is 58.9 cm³/mol. The molecule has 0 aliphatic rings. The summed E-state index contributed by atoms with van der Waals surface area (Å²) in [6, 6.07) is 6.24. The highest BCUT2D eigenvalue weighted by Crippen LogP contribution is 2.12. The summed E-state index contributed by atoms with van der Waals surface area (Å²) in [6.07, 6.45) is 0.300. The SMILES string of the molecule is CB(O)NCCC(=O)c1cccc(O)c1. The van der Waals surface area contributed by atoms with Gasteiger partial charge < -0.3 is 15.4 Å². The Kier molecular flexibility index (Phi) is 4.33. The van der Waals surface area contributed by atoms with Gasteiger partial charge in [-0.25, -0.2) is 0 Å². The molecule has 0 spiro atoms. The van der Waals surface area contributed by atoms with Gasteiger partial charge in [0.2, 0.25) is 0 Å². The van der Waals surface area contributed by atoms with Crippen LogP contribution in [0.1, 0.15) is 16.8 Å². The molecule has 0 bridgehead atoms. The Hall–Kier alpha value is -1.33. The maximum atomic E-state index is 11.5. The van der Waals surface area contributed by atoms with Crippen LogP contribution in [0.3, 0.4) is 0 Å². The minimum atomic E-state index is -0.609. The van der Waals surface area contributed by atoms with Gasteiger partial charge in [0, 0.05) is 12.0 Å². The molecule has 3 N–H and O–H groups in total. The molecular formula is C10H14BNO3. The molecule has 0 amide bonds. The van der Waals surface area contributed by atoms with E-state index in [9.17, 15) is 4.79 Å². The lowest BCUT2D eigenvalue weighted by Crippen LogP contribution is -2.32. The molecule has 1 rings (SSSR count). The average Bonchev–Trinajstić information content (AvgIpc) is 2.17. The van der Waals surface area contributed by atoms with Gasteiger partial charge in [-0.1, -0.05) is 12.1 Å². The van der Waals surface area contributed by atoms with Gasteiger partial charge >= 0.3 is 7.05 Å². The fourth-order valence-electron chi connectivity index (χ4n) is 1.22. The van der Waals surface area contributed by atoms with Crippen molar-refractivity contribution in [2.75, 3.05) is 6.54 Å². The molecule has 0 saturated heterocycles. The summed E-state index contributed by atoms with van der Waals surface area (Å²) in [5.41, 5.74) is 0.488. The maximum Gasteiger partial charge on any atom is 0.373 e. The zero-order chi connectivity index (χ0) is 11.3. The van der Waals surface area contributed by atoms with Crippen LogP contribution in [-0.2, 0) is 0 Å². The second-order valence-electron chi connectivity index (χ2n) is 3.35. The van der Waals surface area contributed by atoms with E-state index in [1.165, 1.54) is 12.1 Å². The van der Waals surface area contributed by atoms with Crippen LogP contribution in [0, 0.1) is 0 Å². The number of carbonyl (C=O) groups excluding carboxylic acids is 1. The maximum absolute atomic E-state index is 11.5. The van der Waals surface area contributed by atoms with E-state index in [4.69, 9.17) is 10.1 Å². The fraction of sp³-hybridized carbons (Fsp3) is 0.300. The lowest BCUT2D eigenvalue weighted by molar-refractivity contribution is 0.0983. The van der Waals surface area contributed by atoms with Crippen LogP contribution < -0.4 is 5.23 Å². The molecule has 0 aliphatic heterocycles. The molecule has 0 unspecified atom stereocenters. The van der Waals surface area contributed by atoms with Crippen LogP contribution in [0.2, 0.25) is 6.82 Å². The van der Waals surface area contributed by atoms with Crippen LogP contribution >= 0.6 is 0 Å². The number of hydrogen-bond acceptors (Lipinski definition) is 4. The monoisotopic (exact) mass is 207 g/mol. The second kappa shape index (κ2) is 5.53. The first-order chi connectivity index (χ1) is 7.09. The molecule has 0 aromatic heterocycles. The minimum Gasteiger partial charge on any atom is -0.508 e. The number of aromatic hydroxyl groups is 1. The number of hydrogen-bond donors (Lipinski definition) is 3. The van der Waals surface area contributed by atoms with Crippen LogP contribution in [-0.4, -0.2) is 29.5 Å². The summed E-state index contributed by atoms with van der Waals surface area (Å²) in [7, 11) is -0.609. The van der Waals surface area contributed by atoms with Crippen LogP contribution in [0.5, 0.6) is 5.75 Å². The van der Waals surface area contributed by atoms with Crippen molar-refractivity contribution in [3.63, 3.8) is 0 Å². The smallest absolute Gasteiger partial charge is 0.373 e. The van der Waals surface area contributed by atoms with Crippen molar-refractivity contribution < 1.29 is 14.9 Å². The standard InChI is InChI=1S/C10H14BNO3/c1-11(15)12-6-5-10(14)8-3-2-4-9(13)7-8/h2-4,7,12-13,15H,5-6H2,1H3. The predicted octanol–water partition coefficient (Wildman–Crippen LogP) is 0.665. The summed E-state index contributed by atoms with van der Waals surface area (Å²) >= 11 is 0. The molecule has 1 aromatic carbocycles. The van der Waals surface area contributed by atoms with Gasteiger partial charge in [0.05, 0.1) is 0 Å². The summed E-state index contributed by atoms with van der Waals surface area (Å²) in [5, 5.41) is 20.8. The fourth-order valence-corrected chi connectivity index (χ4v) is 1.22. The topological polar surface area (TPSA) is 69.6 Å². The lowest BCUT2D eigenvalue weighted by atomic mass is 9.88. The van der Waals surface area contributed by atoms with E-state index in [-0.39, 0.29) is 11.5 Å². The number of phenolic OH excluding ortho intramolecular Hbond substituents is 1. The second-order valence-corrected chi connectivity index (χ2v) is 3.35. The Morgan fingerprint density at radius 2 is 2.27 bits per heavy atom. The molecule has 0 heterocycles. The highest BCUT2D eigenvalue weighted by Gasteiger charge is 2.07. The number of carbonyl (C=O) groups is 1. The molecule has 5 heteroatoms. The Labute approximate surface area is 89.1 Å². The van der Waals surface area contributed by atoms with Crippen molar-refractivity contribution >= 4 is 12.8 Å². The van der Waals surface area contributed by atoms with Gasteiger partial charge in [-0.3, -0.25) is 4.79 Å². The van der Waals surface area contributed by atoms with Crippen molar-refractivity contribution in [1.82, 2.24) is 5.23 Å². The minimum absolute atomic E-state index is 0.0564. The van der Waals surface area contributed by atoms with E-state index < -0.39 is 7.05 Å². The largest absolute Gasteiger partial charge is 0.508 e. The van der Waals surface area contributed by atoms with Gasteiger partial charge in [-0.05, 0) is 25.5 Å². The molecule has 80 valence electrons. The van der Waals surface area contributed by atoms with E-state index in [0.717, 1.165) is 0 Å². The third-order valence-corrected chi connectivity index (χ3v) is 1.96. The Bertz CT molecular complexity index is 341. The van der Waals surface area contributed by atoms with E-state index in [1.807, 2.05) is 0 Å². The Morgan fingerprint density at radius 1 is 1.53 bits per heavy atom. The first-order valence-corrected chi connectivity index (χ1v) is 4.83. The molecule has 0 atom stereocenters. The zero-order valence-corrected chi connectivity index (χ0v) is 8.60. The Balaban J connectivity index is 2.47. The molecule has 1 aromatic rings. The van der Waals surface area contributed by atoms with Crippen molar-refractivity contribution in [1.29, 1.82) is 0 Å². The molecular weight excluding hydrogens is 193 g/mol. The van der Waals surface area contributed by atoms with Crippen molar-refractivity contribution in [3.8, 4) is 5.75 Å². The van der Waals surface area contributed by atoms with Gasteiger partial charge in [-0.2, -0.15) is 0 Å². The van der Waals surface area contributed by atoms with E-state index in [2.05, 4.69) is 5.23 Å². The molecule has 0 fully saturated rings. The number of nitrogens with one attached hydrogen (secondary N) is 1. The van der Waals surface area contributed by atoms with Crippen LogP contribution in [0.4, 0.5) is 0 Å². The molecule has 0 radical (unpaired) electrons. The molecule has 4 nitrogen and oxygen atoms in total. The van der Waals surface area contributed by atoms with Crippen molar-refractivity contribution in [3.05, 3.63) is 29.8 Å². The lowest BCUT2D eigenvalue weighted by Gasteiger charge is -2.04. The average molecular weight is 207 g/mol. The van der Waals surface area contributed by atoms with E-state index in [0.29, 0.717) is 18.5 Å². The van der Waals surface area contributed by atoms with E-state index >= 15 is 0 Å². The quantitative estimate of drug-likeness (QED) is 0.490. The third kappa shape index (κ3) is 4.14. The van der Waals surface area contributed by atoms with Crippen LogP contribution in [0.25, 0.3) is 0 Å². The zero-order valence-electron chi connectivity index (χ0n) is 8.60. The van der Waals surface area contributed by atoms with Crippen molar-refractivity contribution in [2.24, 2.45) is 0 Å². The molecule has 15 heavy (non-hydrogen) atoms. The highest BCUT2D eigenvalue weighted by atomic mass is 16.3. The summed E-state index contributed by atoms with van der Waals surface area (Å²) in [5.74, 6) is 0.0309.